The van der Waals surface area contributed by atoms with Gasteiger partial charge >= 0.3 is 0 Å². The van der Waals surface area contributed by atoms with E-state index in [0.29, 0.717) is 37.6 Å². The largest absolute Gasteiger partial charge is 0.486 e. The van der Waals surface area contributed by atoms with Crippen LogP contribution in [-0.4, -0.2) is 58.4 Å². The summed E-state index contributed by atoms with van der Waals surface area (Å²) in [6, 6.07) is 4.58. The van der Waals surface area contributed by atoms with Gasteiger partial charge in [-0.3, -0.25) is 0 Å². The van der Waals surface area contributed by atoms with Gasteiger partial charge in [-0.25, -0.2) is 16.8 Å². The molecule has 0 atom stereocenters. The zero-order chi connectivity index (χ0) is 18.9. The Hall–Kier alpha value is -1.32. The molecule has 0 spiro atoms. The van der Waals surface area contributed by atoms with Gasteiger partial charge in [-0.1, -0.05) is 13.8 Å². The number of piperidine rings is 1. The Kier molecular flexibility index (Phi) is 5.50. The molecule has 3 rings (SSSR count). The van der Waals surface area contributed by atoms with Crippen LogP contribution < -0.4 is 9.47 Å². The molecule has 2 aliphatic heterocycles. The highest BCUT2D eigenvalue weighted by Gasteiger charge is 2.35. The summed E-state index contributed by atoms with van der Waals surface area (Å²) in [6.07, 6.45) is 0.664. The lowest BCUT2D eigenvalue weighted by Gasteiger charge is -2.31. The topological polar surface area (TPSA) is 90.0 Å². The number of nitrogens with zero attached hydrogens (tertiary/aromatic N) is 1. The third-order valence-corrected chi connectivity index (χ3v) is 9.14. The van der Waals surface area contributed by atoms with Gasteiger partial charge in [0.15, 0.2) is 21.3 Å². The second-order valence-electron chi connectivity index (χ2n) is 7.13. The highest BCUT2D eigenvalue weighted by molar-refractivity contribution is 7.92. The quantitative estimate of drug-likeness (QED) is 0.743. The van der Waals surface area contributed by atoms with Gasteiger partial charge in [0.25, 0.3) is 0 Å². The molecule has 0 aliphatic carbocycles. The van der Waals surface area contributed by atoms with Crippen molar-refractivity contribution in [2.24, 2.45) is 5.92 Å². The van der Waals surface area contributed by atoms with Crippen molar-refractivity contribution in [1.29, 1.82) is 0 Å². The van der Waals surface area contributed by atoms with Crippen LogP contribution in [0.1, 0.15) is 26.7 Å². The van der Waals surface area contributed by atoms with Crippen LogP contribution in [0.3, 0.4) is 0 Å². The average Bonchev–Trinajstić information content (AvgIpc) is 2.60. The minimum atomic E-state index is -3.68. The Balaban J connectivity index is 1.72. The lowest BCUT2D eigenvalue weighted by Crippen LogP contribution is -2.43. The second-order valence-corrected chi connectivity index (χ2v) is 11.4. The van der Waals surface area contributed by atoms with Gasteiger partial charge in [-0.15, -0.1) is 0 Å². The number of rotatable bonds is 5. The summed E-state index contributed by atoms with van der Waals surface area (Å²) in [4.78, 5) is 0.144. The van der Waals surface area contributed by atoms with Crippen molar-refractivity contribution in [3.8, 4) is 11.5 Å². The second kappa shape index (κ2) is 7.36. The van der Waals surface area contributed by atoms with Gasteiger partial charge in [-0.2, -0.15) is 4.31 Å². The Labute approximate surface area is 155 Å². The van der Waals surface area contributed by atoms with Crippen LogP contribution in [-0.2, 0) is 19.9 Å². The molecule has 1 saturated heterocycles. The minimum absolute atomic E-state index is 0.0690. The fourth-order valence-electron chi connectivity index (χ4n) is 3.37. The van der Waals surface area contributed by atoms with Crippen LogP contribution in [0.25, 0.3) is 0 Å². The van der Waals surface area contributed by atoms with Gasteiger partial charge in [0.2, 0.25) is 10.0 Å². The molecule has 1 fully saturated rings. The van der Waals surface area contributed by atoms with E-state index in [1.165, 1.54) is 16.4 Å². The predicted octanol–water partition coefficient (Wildman–Crippen LogP) is 1.68. The lowest BCUT2D eigenvalue weighted by atomic mass is 10.2. The number of sulfonamides is 1. The number of benzene rings is 1. The predicted molar refractivity (Wildman–Crippen MR) is 97.8 cm³/mol. The lowest BCUT2D eigenvalue weighted by molar-refractivity contribution is 0.171. The van der Waals surface area contributed by atoms with E-state index in [1.807, 2.05) is 13.8 Å². The monoisotopic (exact) mass is 403 g/mol. The molecule has 0 saturated carbocycles. The van der Waals surface area contributed by atoms with Crippen LogP contribution >= 0.6 is 0 Å². The zero-order valence-electron chi connectivity index (χ0n) is 15.0. The maximum Gasteiger partial charge on any atom is 0.243 e. The number of hydrogen-bond donors (Lipinski definition) is 0. The SMILES string of the molecule is CC(C)CS(=O)(=O)C1CCN(S(=O)(=O)c2ccc3c(c2)OCCO3)CC1. The molecule has 1 aromatic rings. The minimum Gasteiger partial charge on any atom is -0.486 e. The van der Waals surface area contributed by atoms with Gasteiger partial charge < -0.3 is 9.47 Å². The molecule has 2 aliphatic rings. The molecule has 0 amide bonds. The smallest absolute Gasteiger partial charge is 0.243 e. The Morgan fingerprint density at radius 3 is 2.27 bits per heavy atom. The maximum absolute atomic E-state index is 12.9. The molecule has 2 heterocycles. The molecule has 26 heavy (non-hydrogen) atoms. The Bertz CT molecular complexity index is 855. The standard InChI is InChI=1S/C17H25NO6S2/c1-13(2)12-25(19,20)14-5-7-18(8-6-14)26(21,22)15-3-4-16-17(11-15)24-10-9-23-16/h3-4,11,13-14H,5-10,12H2,1-2H3. The van der Waals surface area contributed by atoms with E-state index >= 15 is 0 Å². The van der Waals surface area contributed by atoms with E-state index in [1.54, 1.807) is 6.07 Å². The first-order chi connectivity index (χ1) is 12.2. The summed E-state index contributed by atoms with van der Waals surface area (Å²) in [7, 11) is -6.87. The van der Waals surface area contributed by atoms with E-state index in [4.69, 9.17) is 9.47 Å². The first-order valence-corrected chi connectivity index (χ1v) is 12.0. The van der Waals surface area contributed by atoms with Crippen LogP contribution in [0.15, 0.2) is 23.1 Å². The summed E-state index contributed by atoms with van der Waals surface area (Å²) in [5, 5.41) is -0.461. The zero-order valence-corrected chi connectivity index (χ0v) is 16.7. The number of fused-ring (bicyclic) bond motifs is 1. The van der Waals surface area contributed by atoms with E-state index in [2.05, 4.69) is 0 Å². The number of sulfone groups is 1. The first-order valence-electron chi connectivity index (χ1n) is 8.81. The first kappa shape index (κ1) is 19.4. The third kappa shape index (κ3) is 3.99. The summed E-state index contributed by atoms with van der Waals surface area (Å²) in [5.74, 6) is 1.17. The fraction of sp³-hybridized carbons (Fsp3) is 0.647. The maximum atomic E-state index is 12.9. The van der Waals surface area contributed by atoms with Crippen molar-refractivity contribution in [3.63, 3.8) is 0 Å². The Morgan fingerprint density at radius 2 is 1.65 bits per heavy atom. The van der Waals surface area contributed by atoms with Gasteiger partial charge in [0, 0.05) is 19.2 Å². The van der Waals surface area contributed by atoms with Gasteiger partial charge in [0.05, 0.1) is 15.9 Å². The van der Waals surface area contributed by atoms with Crippen molar-refractivity contribution in [1.82, 2.24) is 4.31 Å². The fourth-order valence-corrected chi connectivity index (χ4v) is 6.98. The molecule has 0 radical (unpaired) electrons. The molecular weight excluding hydrogens is 378 g/mol. The van der Waals surface area contributed by atoms with E-state index in [0.717, 1.165) is 0 Å². The van der Waals surface area contributed by atoms with Crippen molar-refractivity contribution in [2.45, 2.75) is 36.8 Å². The number of hydrogen-bond acceptors (Lipinski definition) is 6. The normalized spacial score (nSPS) is 19.7. The highest BCUT2D eigenvalue weighted by Crippen LogP contribution is 2.34. The summed E-state index contributed by atoms with van der Waals surface area (Å²) < 4.78 is 62.8. The Morgan fingerprint density at radius 1 is 1.04 bits per heavy atom. The molecule has 146 valence electrons. The molecule has 1 aromatic carbocycles. The van der Waals surface area contributed by atoms with Gasteiger partial charge in [0.1, 0.15) is 13.2 Å². The van der Waals surface area contributed by atoms with E-state index in [9.17, 15) is 16.8 Å². The summed E-state index contributed by atoms with van der Waals surface area (Å²) >= 11 is 0. The summed E-state index contributed by atoms with van der Waals surface area (Å²) in [6.45, 7) is 4.99. The molecule has 7 nitrogen and oxygen atoms in total. The molecule has 0 unspecified atom stereocenters. The van der Waals surface area contributed by atoms with Crippen molar-refractivity contribution in [2.75, 3.05) is 32.1 Å². The van der Waals surface area contributed by atoms with Crippen LogP contribution in [0.5, 0.6) is 11.5 Å². The molecular formula is C17H25NO6S2. The molecule has 0 N–H and O–H groups in total. The molecule has 9 heteroatoms. The number of ether oxygens (including phenoxy) is 2. The highest BCUT2D eigenvalue weighted by atomic mass is 32.2. The van der Waals surface area contributed by atoms with E-state index < -0.39 is 25.1 Å². The van der Waals surface area contributed by atoms with Crippen molar-refractivity contribution >= 4 is 19.9 Å². The molecule has 0 aromatic heterocycles. The van der Waals surface area contributed by atoms with Crippen LogP contribution in [0.4, 0.5) is 0 Å². The van der Waals surface area contributed by atoms with Crippen molar-refractivity contribution in [3.05, 3.63) is 18.2 Å². The molecule has 0 bridgehead atoms. The van der Waals surface area contributed by atoms with Crippen LogP contribution in [0, 0.1) is 5.92 Å². The van der Waals surface area contributed by atoms with Crippen LogP contribution in [0.2, 0.25) is 0 Å². The van der Waals surface area contributed by atoms with Crippen molar-refractivity contribution < 1.29 is 26.3 Å². The van der Waals surface area contributed by atoms with E-state index in [-0.39, 0.29) is 29.7 Å². The third-order valence-electron chi connectivity index (χ3n) is 4.63. The average molecular weight is 404 g/mol. The summed E-state index contributed by atoms with van der Waals surface area (Å²) in [5.41, 5.74) is 0. The van der Waals surface area contributed by atoms with Gasteiger partial charge in [-0.05, 0) is 30.9 Å².